The van der Waals surface area contributed by atoms with Crippen LogP contribution in [0.2, 0.25) is 0 Å². The average Bonchev–Trinajstić information content (AvgIpc) is 2.35. The van der Waals surface area contributed by atoms with E-state index in [4.69, 9.17) is 4.42 Å². The summed E-state index contributed by atoms with van der Waals surface area (Å²) in [5.41, 5.74) is 0. The summed E-state index contributed by atoms with van der Waals surface area (Å²) in [6.45, 7) is 1.97. The Hall–Kier alpha value is -1.17. The van der Waals surface area contributed by atoms with E-state index in [1.54, 1.807) is 0 Å². The monoisotopic (exact) mass is 187 g/mol. The highest BCUT2D eigenvalue weighted by atomic mass is 32.1. The van der Waals surface area contributed by atoms with Gasteiger partial charge >= 0.3 is 0 Å². The summed E-state index contributed by atoms with van der Waals surface area (Å²) >= 11 is 4.66. The fraction of sp³-hybridized carbons (Fsp3) is 0.500. The molecule has 2 N–H and O–H groups in total. The number of aromatic amines is 1. The average molecular weight is 187 g/mol. The SMILES string of the molecule is CC(=O)NCCc1n[nH]c(=S)o1. The van der Waals surface area contributed by atoms with Crippen molar-refractivity contribution in [3.8, 4) is 0 Å². The zero-order valence-corrected chi connectivity index (χ0v) is 7.40. The molecular formula is C6H9N3O2S. The van der Waals surface area contributed by atoms with Gasteiger partial charge in [-0.05, 0) is 12.2 Å². The largest absolute Gasteiger partial charge is 0.414 e. The number of amides is 1. The van der Waals surface area contributed by atoms with Crippen LogP contribution in [0, 0.1) is 4.84 Å². The molecule has 0 bridgehead atoms. The van der Waals surface area contributed by atoms with Gasteiger partial charge in [0.1, 0.15) is 0 Å². The lowest BCUT2D eigenvalue weighted by atomic mass is 10.4. The zero-order chi connectivity index (χ0) is 8.97. The third-order valence-corrected chi connectivity index (χ3v) is 1.37. The van der Waals surface area contributed by atoms with Crippen molar-refractivity contribution in [3.63, 3.8) is 0 Å². The van der Waals surface area contributed by atoms with E-state index in [1.165, 1.54) is 6.92 Å². The van der Waals surface area contributed by atoms with Gasteiger partial charge in [0.05, 0.1) is 0 Å². The van der Waals surface area contributed by atoms with Crippen molar-refractivity contribution < 1.29 is 9.21 Å². The molecule has 6 heteroatoms. The second-order valence-electron chi connectivity index (χ2n) is 2.24. The molecule has 1 amide bonds. The number of H-pyrrole nitrogens is 1. The van der Waals surface area contributed by atoms with Crippen molar-refractivity contribution in [1.82, 2.24) is 15.5 Å². The van der Waals surface area contributed by atoms with Crippen LogP contribution in [-0.4, -0.2) is 22.6 Å². The van der Waals surface area contributed by atoms with Crippen molar-refractivity contribution in [2.24, 2.45) is 0 Å². The van der Waals surface area contributed by atoms with E-state index in [0.717, 1.165) is 0 Å². The van der Waals surface area contributed by atoms with Crippen molar-refractivity contribution in [3.05, 3.63) is 10.7 Å². The Bertz CT molecular complexity index is 317. The molecule has 0 aliphatic rings. The number of nitrogens with zero attached hydrogens (tertiary/aromatic N) is 1. The molecule has 1 aromatic heterocycles. The van der Waals surface area contributed by atoms with Crippen molar-refractivity contribution >= 4 is 18.1 Å². The van der Waals surface area contributed by atoms with Gasteiger partial charge in [-0.1, -0.05) is 0 Å². The lowest BCUT2D eigenvalue weighted by molar-refractivity contribution is -0.118. The molecule has 0 fully saturated rings. The molecule has 0 aliphatic carbocycles. The first-order valence-corrected chi connectivity index (χ1v) is 3.88. The molecule has 12 heavy (non-hydrogen) atoms. The van der Waals surface area contributed by atoms with Gasteiger partial charge < -0.3 is 9.73 Å². The lowest BCUT2D eigenvalue weighted by Gasteiger charge is -1.96. The molecule has 1 heterocycles. The fourth-order valence-electron chi connectivity index (χ4n) is 0.713. The normalized spacial score (nSPS) is 9.75. The molecular weight excluding hydrogens is 178 g/mol. The van der Waals surface area contributed by atoms with Crippen LogP contribution in [0.15, 0.2) is 4.42 Å². The van der Waals surface area contributed by atoms with Crippen molar-refractivity contribution in [2.75, 3.05) is 6.54 Å². The number of hydrogen-bond donors (Lipinski definition) is 2. The third-order valence-electron chi connectivity index (χ3n) is 1.20. The lowest BCUT2D eigenvalue weighted by Crippen LogP contribution is -2.22. The summed E-state index contributed by atoms with van der Waals surface area (Å²) in [6, 6.07) is 0. The number of aromatic nitrogens is 2. The Morgan fingerprint density at radius 2 is 2.58 bits per heavy atom. The molecule has 0 spiro atoms. The van der Waals surface area contributed by atoms with E-state index in [9.17, 15) is 4.79 Å². The molecule has 66 valence electrons. The molecule has 0 saturated heterocycles. The maximum atomic E-state index is 10.4. The van der Waals surface area contributed by atoms with Gasteiger partial charge in [-0.25, -0.2) is 5.10 Å². The number of hydrogen-bond acceptors (Lipinski definition) is 4. The topological polar surface area (TPSA) is 70.9 Å². The highest BCUT2D eigenvalue weighted by molar-refractivity contribution is 7.71. The van der Waals surface area contributed by atoms with E-state index in [1.807, 2.05) is 0 Å². The van der Waals surface area contributed by atoms with E-state index in [-0.39, 0.29) is 10.7 Å². The third kappa shape index (κ3) is 2.83. The predicted molar refractivity (Wildman–Crippen MR) is 44.1 cm³/mol. The standard InChI is InChI=1S/C6H9N3O2S/c1-4(10)7-3-2-5-8-9-6(12)11-5/h2-3H2,1H3,(H,7,10)(H,9,12). The van der Waals surface area contributed by atoms with Gasteiger partial charge in [-0.3, -0.25) is 4.79 Å². The Labute approximate surface area is 74.2 Å². The van der Waals surface area contributed by atoms with Crippen LogP contribution in [0.25, 0.3) is 0 Å². The van der Waals surface area contributed by atoms with Gasteiger partial charge in [0.2, 0.25) is 11.8 Å². The van der Waals surface area contributed by atoms with Gasteiger partial charge in [0, 0.05) is 19.9 Å². The first-order valence-electron chi connectivity index (χ1n) is 3.47. The second kappa shape index (κ2) is 4.01. The van der Waals surface area contributed by atoms with Crippen molar-refractivity contribution in [2.45, 2.75) is 13.3 Å². The van der Waals surface area contributed by atoms with Crippen LogP contribution in [0.4, 0.5) is 0 Å². The number of carbonyl (C=O) groups excluding carboxylic acids is 1. The van der Waals surface area contributed by atoms with Crippen LogP contribution in [0.1, 0.15) is 12.8 Å². The van der Waals surface area contributed by atoms with Crippen LogP contribution >= 0.6 is 12.2 Å². The highest BCUT2D eigenvalue weighted by Crippen LogP contribution is 1.93. The first kappa shape index (κ1) is 8.92. The number of rotatable bonds is 3. The number of carbonyl (C=O) groups is 1. The second-order valence-corrected chi connectivity index (χ2v) is 2.61. The van der Waals surface area contributed by atoms with E-state index in [2.05, 4.69) is 27.7 Å². The Kier molecular flexibility index (Phi) is 2.98. The van der Waals surface area contributed by atoms with E-state index < -0.39 is 0 Å². The molecule has 0 aromatic carbocycles. The molecule has 0 saturated carbocycles. The minimum absolute atomic E-state index is 0.0656. The minimum Gasteiger partial charge on any atom is -0.414 e. The van der Waals surface area contributed by atoms with Gasteiger partial charge in [0.25, 0.3) is 4.84 Å². The summed E-state index contributed by atoms with van der Waals surface area (Å²) < 4.78 is 4.96. The summed E-state index contributed by atoms with van der Waals surface area (Å²) in [4.78, 5) is 10.7. The molecule has 1 rings (SSSR count). The molecule has 1 aromatic rings. The summed E-state index contributed by atoms with van der Waals surface area (Å²) in [5.74, 6) is 0.442. The first-order chi connectivity index (χ1) is 5.68. The van der Waals surface area contributed by atoms with Crippen LogP contribution in [-0.2, 0) is 11.2 Å². The Morgan fingerprint density at radius 3 is 3.08 bits per heavy atom. The zero-order valence-electron chi connectivity index (χ0n) is 6.59. The van der Waals surface area contributed by atoms with Gasteiger partial charge in [0.15, 0.2) is 0 Å². The van der Waals surface area contributed by atoms with Gasteiger partial charge in [-0.2, -0.15) is 0 Å². The quantitative estimate of drug-likeness (QED) is 0.672. The maximum Gasteiger partial charge on any atom is 0.284 e. The molecule has 0 atom stereocenters. The van der Waals surface area contributed by atoms with Gasteiger partial charge in [-0.15, -0.1) is 5.10 Å². The molecule has 5 nitrogen and oxygen atoms in total. The summed E-state index contributed by atoms with van der Waals surface area (Å²) in [5, 5.41) is 8.87. The molecule has 0 radical (unpaired) electrons. The van der Waals surface area contributed by atoms with Crippen LogP contribution < -0.4 is 5.32 Å². The minimum atomic E-state index is -0.0656. The fourth-order valence-corrected chi connectivity index (χ4v) is 0.855. The van der Waals surface area contributed by atoms with Crippen LogP contribution in [0.5, 0.6) is 0 Å². The maximum absolute atomic E-state index is 10.4. The van der Waals surface area contributed by atoms with Crippen LogP contribution in [0.3, 0.4) is 0 Å². The highest BCUT2D eigenvalue weighted by Gasteiger charge is 1.98. The summed E-state index contributed by atoms with van der Waals surface area (Å²) in [6.07, 6.45) is 0.548. The predicted octanol–water partition coefficient (Wildman–Crippen LogP) is 0.411. The Balaban J connectivity index is 2.33. The van der Waals surface area contributed by atoms with Crippen molar-refractivity contribution in [1.29, 1.82) is 0 Å². The molecule has 0 unspecified atom stereocenters. The van der Waals surface area contributed by atoms with E-state index >= 15 is 0 Å². The Morgan fingerprint density at radius 1 is 1.83 bits per heavy atom. The smallest absolute Gasteiger partial charge is 0.284 e. The number of nitrogens with one attached hydrogen (secondary N) is 2. The molecule has 0 aliphatic heterocycles. The van der Waals surface area contributed by atoms with E-state index in [0.29, 0.717) is 18.9 Å². The summed E-state index contributed by atoms with van der Waals surface area (Å²) in [7, 11) is 0.